The number of thiophene rings is 1. The maximum Gasteiger partial charge on any atom is 0.279 e. The zero-order valence-electron chi connectivity index (χ0n) is 13.3. The average molecular weight is 363 g/mol. The van der Waals surface area contributed by atoms with E-state index in [0.29, 0.717) is 13.1 Å². The van der Waals surface area contributed by atoms with Crippen molar-refractivity contribution in [2.24, 2.45) is 0 Å². The molecule has 0 saturated carbocycles. The predicted octanol–water partition coefficient (Wildman–Crippen LogP) is 2.84. The Bertz CT molecular complexity index is 783. The van der Waals surface area contributed by atoms with E-state index in [-0.39, 0.29) is 18.1 Å². The van der Waals surface area contributed by atoms with Gasteiger partial charge in [-0.2, -0.15) is 0 Å². The van der Waals surface area contributed by atoms with Crippen LogP contribution in [0.15, 0.2) is 58.5 Å². The van der Waals surface area contributed by atoms with Crippen molar-refractivity contribution in [1.82, 2.24) is 0 Å². The monoisotopic (exact) mass is 363 g/mol. The van der Waals surface area contributed by atoms with Gasteiger partial charge in [0.05, 0.1) is 16.8 Å². The molecule has 0 radical (unpaired) electrons. The van der Waals surface area contributed by atoms with Crippen molar-refractivity contribution in [3.05, 3.63) is 76.4 Å². The highest BCUT2D eigenvalue weighted by atomic mass is 32.1. The van der Waals surface area contributed by atoms with E-state index in [1.807, 2.05) is 23.6 Å². The summed E-state index contributed by atoms with van der Waals surface area (Å²) < 4.78 is 32.0. The number of quaternary nitrogens is 1. The molecule has 0 aliphatic rings. The molecule has 1 atom stereocenters. The number of rotatable bonds is 7. The second-order valence-electron chi connectivity index (χ2n) is 5.61. The van der Waals surface area contributed by atoms with E-state index in [9.17, 15) is 13.6 Å². The third-order valence-corrected chi connectivity index (χ3v) is 4.50. The van der Waals surface area contributed by atoms with Crippen molar-refractivity contribution >= 4 is 22.9 Å². The molecular formula is C18H17F2N2O2S+. The molecule has 7 heteroatoms. The van der Waals surface area contributed by atoms with Gasteiger partial charge in [0.2, 0.25) is 0 Å². The third kappa shape index (κ3) is 4.98. The molecular weight excluding hydrogens is 346 g/mol. The van der Waals surface area contributed by atoms with Gasteiger partial charge in [0, 0.05) is 6.07 Å². The summed E-state index contributed by atoms with van der Waals surface area (Å²) in [5.41, 5.74) is -0.0279. The van der Waals surface area contributed by atoms with Gasteiger partial charge in [-0.15, -0.1) is 11.3 Å². The van der Waals surface area contributed by atoms with Gasteiger partial charge in [-0.1, -0.05) is 6.07 Å². The fourth-order valence-corrected chi connectivity index (χ4v) is 3.30. The van der Waals surface area contributed by atoms with E-state index in [0.717, 1.165) is 27.7 Å². The molecule has 1 unspecified atom stereocenters. The molecule has 130 valence electrons. The molecule has 2 heterocycles. The number of halogens is 2. The normalized spacial score (nSPS) is 12.1. The SMILES string of the molecule is O=C(C[NH+](Cc1ccco1)Cc1cccs1)Nc1ccc(F)cc1F. The lowest BCUT2D eigenvalue weighted by Crippen LogP contribution is -3.10. The summed E-state index contributed by atoms with van der Waals surface area (Å²) in [6.07, 6.45) is 1.59. The van der Waals surface area contributed by atoms with E-state index < -0.39 is 11.6 Å². The van der Waals surface area contributed by atoms with Crippen LogP contribution in [0.3, 0.4) is 0 Å². The quantitative estimate of drug-likeness (QED) is 0.678. The number of furan rings is 1. The summed E-state index contributed by atoms with van der Waals surface area (Å²) in [5, 5.41) is 4.48. The fourth-order valence-electron chi connectivity index (χ4n) is 2.52. The van der Waals surface area contributed by atoms with E-state index in [1.165, 1.54) is 6.07 Å². The lowest BCUT2D eigenvalue weighted by Gasteiger charge is -2.17. The lowest BCUT2D eigenvalue weighted by molar-refractivity contribution is -0.920. The largest absolute Gasteiger partial charge is 0.463 e. The Hall–Kier alpha value is -2.51. The first-order valence-corrected chi connectivity index (χ1v) is 8.61. The van der Waals surface area contributed by atoms with Gasteiger partial charge in [-0.05, 0) is 35.7 Å². The van der Waals surface area contributed by atoms with Crippen LogP contribution in [0.25, 0.3) is 0 Å². The van der Waals surface area contributed by atoms with Crippen LogP contribution in [-0.4, -0.2) is 12.5 Å². The van der Waals surface area contributed by atoms with Crippen LogP contribution in [0.4, 0.5) is 14.5 Å². The standard InChI is InChI=1S/C18H16F2N2O2S/c19-13-5-6-17(16(20)9-13)21-18(23)12-22(10-14-3-1-7-24-14)11-15-4-2-8-25-15/h1-9H,10-12H2,(H,21,23)/p+1. The number of hydrogen-bond donors (Lipinski definition) is 2. The second kappa shape index (κ2) is 8.04. The molecule has 0 saturated heterocycles. The summed E-state index contributed by atoms with van der Waals surface area (Å²) in [6, 6.07) is 10.7. The van der Waals surface area contributed by atoms with Crippen molar-refractivity contribution < 1.29 is 22.9 Å². The van der Waals surface area contributed by atoms with Gasteiger partial charge in [0.1, 0.15) is 24.7 Å². The minimum Gasteiger partial charge on any atom is -0.463 e. The molecule has 2 aromatic heterocycles. The van der Waals surface area contributed by atoms with E-state index in [2.05, 4.69) is 5.32 Å². The van der Waals surface area contributed by atoms with Gasteiger partial charge in [-0.25, -0.2) is 8.78 Å². The van der Waals surface area contributed by atoms with Crippen LogP contribution in [0.1, 0.15) is 10.6 Å². The molecule has 4 nitrogen and oxygen atoms in total. The van der Waals surface area contributed by atoms with Crippen LogP contribution >= 0.6 is 11.3 Å². The van der Waals surface area contributed by atoms with Crippen molar-refractivity contribution in [3.63, 3.8) is 0 Å². The maximum absolute atomic E-state index is 13.7. The summed E-state index contributed by atoms with van der Waals surface area (Å²) in [5.74, 6) is -1.05. The first-order valence-electron chi connectivity index (χ1n) is 7.73. The summed E-state index contributed by atoms with van der Waals surface area (Å²) in [6.45, 7) is 1.32. The number of carbonyl (C=O) groups excluding carboxylic acids is 1. The smallest absolute Gasteiger partial charge is 0.279 e. The number of benzene rings is 1. The van der Waals surface area contributed by atoms with Crippen molar-refractivity contribution in [2.75, 3.05) is 11.9 Å². The molecule has 3 aromatic rings. The zero-order chi connectivity index (χ0) is 17.6. The van der Waals surface area contributed by atoms with Gasteiger partial charge in [0.25, 0.3) is 5.91 Å². The summed E-state index contributed by atoms with van der Waals surface area (Å²) >= 11 is 1.61. The van der Waals surface area contributed by atoms with Crippen LogP contribution in [0.2, 0.25) is 0 Å². The number of amides is 1. The third-order valence-electron chi connectivity index (χ3n) is 3.62. The van der Waals surface area contributed by atoms with Crippen LogP contribution in [0.5, 0.6) is 0 Å². The van der Waals surface area contributed by atoms with E-state index >= 15 is 0 Å². The predicted molar refractivity (Wildman–Crippen MR) is 91.3 cm³/mol. The van der Waals surface area contributed by atoms with Gasteiger partial charge in [-0.3, -0.25) is 4.79 Å². The zero-order valence-corrected chi connectivity index (χ0v) is 14.1. The maximum atomic E-state index is 13.7. The Morgan fingerprint density at radius 3 is 2.72 bits per heavy atom. The molecule has 0 aliphatic heterocycles. The molecule has 3 rings (SSSR count). The summed E-state index contributed by atoms with van der Waals surface area (Å²) in [4.78, 5) is 14.4. The molecule has 0 spiro atoms. The van der Waals surface area contributed by atoms with Crippen LogP contribution < -0.4 is 10.2 Å². The minimum absolute atomic E-state index is 0.0279. The Morgan fingerprint density at radius 1 is 1.16 bits per heavy atom. The topological polar surface area (TPSA) is 46.7 Å². The first-order chi connectivity index (χ1) is 12.1. The molecule has 1 amide bonds. The lowest BCUT2D eigenvalue weighted by atomic mass is 10.3. The minimum atomic E-state index is -0.792. The molecule has 0 fully saturated rings. The Labute approximate surface area is 147 Å². The highest BCUT2D eigenvalue weighted by Gasteiger charge is 2.18. The van der Waals surface area contributed by atoms with Gasteiger partial charge in [0.15, 0.2) is 12.3 Å². The van der Waals surface area contributed by atoms with Crippen molar-refractivity contribution in [2.45, 2.75) is 13.1 Å². The highest BCUT2D eigenvalue weighted by Crippen LogP contribution is 2.14. The van der Waals surface area contributed by atoms with Gasteiger partial charge >= 0.3 is 0 Å². The first kappa shape index (κ1) is 17.3. The van der Waals surface area contributed by atoms with E-state index in [4.69, 9.17) is 4.42 Å². The van der Waals surface area contributed by atoms with Crippen LogP contribution in [0, 0.1) is 11.6 Å². The van der Waals surface area contributed by atoms with Gasteiger partial charge < -0.3 is 14.6 Å². The number of anilines is 1. The van der Waals surface area contributed by atoms with Crippen molar-refractivity contribution in [3.8, 4) is 0 Å². The molecule has 1 aromatic carbocycles. The number of carbonyl (C=O) groups is 1. The summed E-state index contributed by atoms with van der Waals surface area (Å²) in [7, 11) is 0. The average Bonchev–Trinajstić information content (AvgIpc) is 3.24. The fraction of sp³-hybridized carbons (Fsp3) is 0.167. The van der Waals surface area contributed by atoms with Crippen molar-refractivity contribution in [1.29, 1.82) is 0 Å². The number of nitrogens with one attached hydrogen (secondary N) is 2. The van der Waals surface area contributed by atoms with Crippen LogP contribution in [-0.2, 0) is 17.9 Å². The highest BCUT2D eigenvalue weighted by molar-refractivity contribution is 7.09. The molecule has 2 N–H and O–H groups in total. The molecule has 25 heavy (non-hydrogen) atoms. The van der Waals surface area contributed by atoms with E-state index in [1.54, 1.807) is 23.7 Å². The molecule has 0 aliphatic carbocycles. The number of hydrogen-bond acceptors (Lipinski definition) is 3. The Morgan fingerprint density at radius 2 is 2.04 bits per heavy atom. The molecule has 0 bridgehead atoms. The Balaban J connectivity index is 1.66. The second-order valence-corrected chi connectivity index (χ2v) is 6.64. The Kier molecular flexibility index (Phi) is 5.57.